The molecule has 4 rings (SSSR count). The average Bonchev–Trinajstić information content (AvgIpc) is 3.29. The van der Waals surface area contributed by atoms with Crippen molar-refractivity contribution in [1.82, 2.24) is 4.90 Å². The molecule has 0 bridgehead atoms. The summed E-state index contributed by atoms with van der Waals surface area (Å²) in [5.41, 5.74) is 3.19. The smallest absolute Gasteiger partial charge is 0.293 e. The van der Waals surface area contributed by atoms with Gasteiger partial charge in [-0.2, -0.15) is 0 Å². The highest BCUT2D eigenvalue weighted by Gasteiger charge is 2.35. The van der Waals surface area contributed by atoms with E-state index in [2.05, 4.69) is 0 Å². The normalized spacial score (nSPS) is 15.2. The Morgan fingerprint density at radius 2 is 1.84 bits per heavy atom. The Bertz CT molecular complexity index is 1240. The number of rotatable bonds is 5. The number of imide groups is 1. The van der Waals surface area contributed by atoms with Crippen molar-refractivity contribution in [2.24, 2.45) is 0 Å². The highest BCUT2D eigenvalue weighted by molar-refractivity contribution is 8.18. The first-order chi connectivity index (χ1) is 14.8. The molecule has 31 heavy (non-hydrogen) atoms. The molecule has 0 spiro atoms. The largest absolute Gasteiger partial charge is 0.457 e. The van der Waals surface area contributed by atoms with Gasteiger partial charge in [-0.3, -0.25) is 24.6 Å². The summed E-state index contributed by atoms with van der Waals surface area (Å²) >= 11 is 0.878. The molecule has 1 aliphatic heterocycles. The summed E-state index contributed by atoms with van der Waals surface area (Å²) in [5, 5.41) is 10.7. The van der Waals surface area contributed by atoms with Gasteiger partial charge in [0.1, 0.15) is 11.5 Å². The molecule has 0 radical (unpaired) electrons. The maximum atomic E-state index is 12.8. The lowest BCUT2D eigenvalue weighted by Gasteiger charge is -2.14. The van der Waals surface area contributed by atoms with Crippen molar-refractivity contribution in [3.05, 3.63) is 92.1 Å². The van der Waals surface area contributed by atoms with Crippen LogP contribution in [0.4, 0.5) is 10.5 Å². The first-order valence-corrected chi connectivity index (χ1v) is 10.3. The third-order valence-electron chi connectivity index (χ3n) is 5.04. The Morgan fingerprint density at radius 1 is 1.06 bits per heavy atom. The first-order valence-electron chi connectivity index (χ1n) is 9.48. The lowest BCUT2D eigenvalue weighted by atomic mass is 10.1. The van der Waals surface area contributed by atoms with Crippen LogP contribution < -0.4 is 0 Å². The van der Waals surface area contributed by atoms with Crippen molar-refractivity contribution in [1.29, 1.82) is 0 Å². The van der Waals surface area contributed by atoms with E-state index in [1.165, 1.54) is 11.0 Å². The summed E-state index contributed by atoms with van der Waals surface area (Å²) in [6.07, 6.45) is 1.55. The molecule has 0 atom stereocenters. The zero-order valence-corrected chi connectivity index (χ0v) is 17.6. The van der Waals surface area contributed by atoms with Gasteiger partial charge in [0.25, 0.3) is 16.8 Å². The van der Waals surface area contributed by atoms with Gasteiger partial charge in [-0.1, -0.05) is 24.3 Å². The molecule has 3 aromatic rings. The molecular weight excluding hydrogens is 416 g/mol. The summed E-state index contributed by atoms with van der Waals surface area (Å²) in [7, 11) is 0. The van der Waals surface area contributed by atoms with Crippen molar-refractivity contribution < 1.29 is 18.9 Å². The van der Waals surface area contributed by atoms with E-state index in [0.29, 0.717) is 27.6 Å². The fourth-order valence-corrected chi connectivity index (χ4v) is 4.14. The summed E-state index contributed by atoms with van der Waals surface area (Å²) in [6.45, 7) is 3.82. The topological polar surface area (TPSA) is 93.7 Å². The van der Waals surface area contributed by atoms with Crippen LogP contribution in [0, 0.1) is 24.0 Å². The van der Waals surface area contributed by atoms with Crippen molar-refractivity contribution in [3.63, 3.8) is 0 Å². The van der Waals surface area contributed by atoms with Crippen LogP contribution in [-0.4, -0.2) is 21.0 Å². The van der Waals surface area contributed by atoms with E-state index in [1.54, 1.807) is 37.3 Å². The summed E-state index contributed by atoms with van der Waals surface area (Å²) in [6, 6.07) is 15.8. The lowest BCUT2D eigenvalue weighted by Crippen LogP contribution is -2.27. The molecule has 1 saturated heterocycles. The number of nitro groups is 1. The molecule has 0 saturated carbocycles. The second kappa shape index (κ2) is 8.23. The maximum Gasteiger partial charge on any atom is 0.293 e. The van der Waals surface area contributed by atoms with Crippen LogP contribution in [0.15, 0.2) is 63.9 Å². The molecule has 0 unspecified atom stereocenters. The minimum Gasteiger partial charge on any atom is -0.457 e. The van der Waals surface area contributed by atoms with Gasteiger partial charge in [-0.15, -0.1) is 0 Å². The van der Waals surface area contributed by atoms with Gasteiger partial charge >= 0.3 is 0 Å². The molecule has 1 aliphatic rings. The van der Waals surface area contributed by atoms with E-state index >= 15 is 0 Å². The van der Waals surface area contributed by atoms with Crippen LogP contribution in [0.2, 0.25) is 0 Å². The number of benzene rings is 2. The minimum absolute atomic E-state index is 0.0397. The molecular formula is C23H18N2O5S. The molecule has 0 aliphatic carbocycles. The molecule has 0 N–H and O–H groups in total. The van der Waals surface area contributed by atoms with Crippen molar-refractivity contribution in [2.75, 3.05) is 0 Å². The summed E-state index contributed by atoms with van der Waals surface area (Å²) in [5.74, 6) is 0.582. The SMILES string of the molecule is Cc1ccccc1CN1C(=O)S/C(=C\c2ccc(-c3ccc([N+](=O)[O-])c(C)c3)o2)C1=O. The second-order valence-electron chi connectivity index (χ2n) is 7.15. The number of hydrogen-bond acceptors (Lipinski definition) is 6. The van der Waals surface area contributed by atoms with Crippen molar-refractivity contribution in [2.45, 2.75) is 20.4 Å². The molecule has 156 valence electrons. The zero-order valence-electron chi connectivity index (χ0n) is 16.8. The van der Waals surface area contributed by atoms with Crippen molar-refractivity contribution >= 4 is 34.7 Å². The predicted molar refractivity (Wildman–Crippen MR) is 118 cm³/mol. The third-order valence-corrected chi connectivity index (χ3v) is 5.95. The van der Waals surface area contributed by atoms with Crippen LogP contribution in [0.3, 0.4) is 0 Å². The summed E-state index contributed by atoms with van der Waals surface area (Å²) in [4.78, 5) is 37.2. The predicted octanol–water partition coefficient (Wildman–Crippen LogP) is 5.71. The molecule has 2 aromatic carbocycles. The van der Waals surface area contributed by atoms with E-state index in [9.17, 15) is 19.7 Å². The highest BCUT2D eigenvalue weighted by atomic mass is 32.2. The number of carbonyl (C=O) groups excluding carboxylic acids is 2. The molecule has 2 heterocycles. The van der Waals surface area contributed by atoms with Crippen LogP contribution in [0.25, 0.3) is 17.4 Å². The van der Waals surface area contributed by atoms with E-state index in [-0.39, 0.29) is 23.4 Å². The van der Waals surface area contributed by atoms with Gasteiger partial charge in [0.15, 0.2) is 0 Å². The van der Waals surface area contributed by atoms with Crippen LogP contribution >= 0.6 is 11.8 Å². The number of carbonyl (C=O) groups is 2. The Kier molecular flexibility index (Phi) is 5.48. The third kappa shape index (κ3) is 4.15. The van der Waals surface area contributed by atoms with Crippen LogP contribution in [0.1, 0.15) is 22.5 Å². The van der Waals surface area contributed by atoms with E-state index < -0.39 is 4.92 Å². The second-order valence-corrected chi connectivity index (χ2v) is 8.15. The van der Waals surface area contributed by atoms with Crippen LogP contribution in [0.5, 0.6) is 0 Å². The van der Waals surface area contributed by atoms with E-state index in [0.717, 1.165) is 22.9 Å². The maximum absolute atomic E-state index is 12.8. The Hall–Kier alpha value is -3.65. The number of aryl methyl sites for hydroxylation is 2. The highest BCUT2D eigenvalue weighted by Crippen LogP contribution is 2.35. The van der Waals surface area contributed by atoms with Gasteiger partial charge < -0.3 is 4.42 Å². The Morgan fingerprint density at radius 3 is 2.55 bits per heavy atom. The Labute approximate surface area is 182 Å². The van der Waals surface area contributed by atoms with Gasteiger partial charge in [0.2, 0.25) is 0 Å². The quantitative estimate of drug-likeness (QED) is 0.290. The fourth-order valence-electron chi connectivity index (χ4n) is 3.32. The number of nitrogens with zero attached hydrogens (tertiary/aromatic N) is 2. The van der Waals surface area contributed by atoms with E-state index in [4.69, 9.17) is 4.42 Å². The molecule has 1 fully saturated rings. The van der Waals surface area contributed by atoms with Gasteiger partial charge in [0, 0.05) is 23.3 Å². The number of furan rings is 1. The number of amides is 2. The molecule has 1 aromatic heterocycles. The van der Waals surface area contributed by atoms with Gasteiger partial charge in [0.05, 0.1) is 16.4 Å². The standard InChI is InChI=1S/C23H18N2O5S/c1-14-5-3-4-6-17(14)13-24-22(26)21(31-23(24)27)12-18-8-10-20(30-18)16-7-9-19(25(28)29)15(2)11-16/h3-12H,13H2,1-2H3/b21-12-. The Balaban J connectivity index is 1.55. The zero-order chi connectivity index (χ0) is 22.1. The lowest BCUT2D eigenvalue weighted by molar-refractivity contribution is -0.385. The van der Waals surface area contributed by atoms with Crippen LogP contribution in [-0.2, 0) is 11.3 Å². The first kappa shape index (κ1) is 20.6. The molecule has 7 nitrogen and oxygen atoms in total. The average molecular weight is 434 g/mol. The van der Waals surface area contributed by atoms with Crippen molar-refractivity contribution in [3.8, 4) is 11.3 Å². The molecule has 8 heteroatoms. The fraction of sp³-hybridized carbons (Fsp3) is 0.130. The van der Waals surface area contributed by atoms with Gasteiger partial charge in [-0.05, 0) is 61.0 Å². The monoisotopic (exact) mass is 434 g/mol. The minimum atomic E-state index is -0.431. The van der Waals surface area contributed by atoms with E-state index in [1.807, 2.05) is 31.2 Å². The number of thioether (sulfide) groups is 1. The van der Waals surface area contributed by atoms with Gasteiger partial charge in [-0.25, -0.2) is 0 Å². The summed E-state index contributed by atoms with van der Waals surface area (Å²) < 4.78 is 5.80. The molecule has 2 amide bonds. The number of hydrogen-bond donors (Lipinski definition) is 0. The number of nitro benzene ring substituents is 1.